The van der Waals surface area contributed by atoms with Crippen LogP contribution in [0.1, 0.15) is 31.9 Å². The van der Waals surface area contributed by atoms with Gasteiger partial charge in [0.1, 0.15) is 6.67 Å². The van der Waals surface area contributed by atoms with Crippen LogP contribution in [0.15, 0.2) is 23.1 Å². The van der Waals surface area contributed by atoms with Crippen molar-refractivity contribution in [2.24, 2.45) is 5.92 Å². The van der Waals surface area contributed by atoms with Gasteiger partial charge < -0.3 is 4.57 Å². The van der Waals surface area contributed by atoms with Gasteiger partial charge in [0.15, 0.2) is 0 Å². The average molecular weight is 266 g/mol. The van der Waals surface area contributed by atoms with Crippen LogP contribution in [0.5, 0.6) is 0 Å². The zero-order valence-corrected chi connectivity index (χ0v) is 11.8. The average Bonchev–Trinajstić information content (AvgIpc) is 2.80. The fourth-order valence-corrected chi connectivity index (χ4v) is 2.80. The second kappa shape index (κ2) is 6.33. The number of nitrogens with zero attached hydrogens (tertiary/aromatic N) is 2. The van der Waals surface area contributed by atoms with Crippen LogP contribution in [0.3, 0.4) is 0 Å². The van der Waals surface area contributed by atoms with Crippen molar-refractivity contribution in [2.75, 3.05) is 26.3 Å². The van der Waals surface area contributed by atoms with Crippen LogP contribution in [-0.4, -0.2) is 35.8 Å². The zero-order valence-electron chi connectivity index (χ0n) is 11.8. The topological polar surface area (TPSA) is 25.2 Å². The summed E-state index contributed by atoms with van der Waals surface area (Å²) in [4.78, 5) is 14.5. The zero-order chi connectivity index (χ0) is 13.8. The summed E-state index contributed by atoms with van der Waals surface area (Å²) in [6.07, 6.45) is 3.63. The summed E-state index contributed by atoms with van der Waals surface area (Å²) in [7, 11) is 0. The fraction of sp³-hybridized carbons (Fsp3) is 0.667. The Morgan fingerprint density at radius 3 is 2.95 bits per heavy atom. The number of rotatable bonds is 5. The lowest BCUT2D eigenvalue weighted by atomic mass is 10.0. The maximum absolute atomic E-state index is 12.4. The highest BCUT2D eigenvalue weighted by Crippen LogP contribution is 2.20. The Bertz CT molecular complexity index is 469. The molecule has 0 saturated carbocycles. The van der Waals surface area contributed by atoms with E-state index in [-0.39, 0.29) is 18.3 Å². The van der Waals surface area contributed by atoms with Crippen molar-refractivity contribution in [3.05, 3.63) is 34.2 Å². The minimum absolute atomic E-state index is 0.128. The Hall–Kier alpha value is -1.16. The highest BCUT2D eigenvalue weighted by atomic mass is 19.1. The van der Waals surface area contributed by atoms with E-state index in [2.05, 4.69) is 18.7 Å². The van der Waals surface area contributed by atoms with E-state index < -0.39 is 0 Å². The third kappa shape index (κ3) is 3.44. The molecule has 1 aliphatic heterocycles. The highest BCUT2D eigenvalue weighted by Gasteiger charge is 2.24. The number of hydrogen-bond donors (Lipinski definition) is 0. The van der Waals surface area contributed by atoms with Crippen molar-refractivity contribution >= 4 is 0 Å². The van der Waals surface area contributed by atoms with Gasteiger partial charge in [-0.25, -0.2) is 4.39 Å². The van der Waals surface area contributed by atoms with Crippen molar-refractivity contribution in [3.8, 4) is 0 Å². The van der Waals surface area contributed by atoms with Crippen LogP contribution in [0, 0.1) is 5.92 Å². The van der Waals surface area contributed by atoms with Gasteiger partial charge >= 0.3 is 0 Å². The quantitative estimate of drug-likeness (QED) is 0.817. The van der Waals surface area contributed by atoms with Gasteiger partial charge in [0.25, 0.3) is 5.56 Å². The molecule has 1 fully saturated rings. The number of hydrogen-bond acceptors (Lipinski definition) is 2. The molecule has 3 nitrogen and oxygen atoms in total. The molecule has 0 N–H and O–H groups in total. The molecule has 19 heavy (non-hydrogen) atoms. The molecular formula is C15H23FN2O. The van der Waals surface area contributed by atoms with Crippen molar-refractivity contribution in [2.45, 2.75) is 32.7 Å². The summed E-state index contributed by atoms with van der Waals surface area (Å²) in [5.41, 5.74) is 1.02. The summed E-state index contributed by atoms with van der Waals surface area (Å²) >= 11 is 0. The summed E-state index contributed by atoms with van der Waals surface area (Å²) in [6, 6.07) is 4.08. The molecule has 2 rings (SSSR count). The molecular weight excluding hydrogens is 243 g/mol. The SMILES string of the molecule is CC(C)Cc1cccn([C@@H]2CCN(CCF)C2)c1=O. The van der Waals surface area contributed by atoms with Crippen LogP contribution in [-0.2, 0) is 6.42 Å². The van der Waals surface area contributed by atoms with Crippen LogP contribution in [0.2, 0.25) is 0 Å². The Morgan fingerprint density at radius 2 is 2.26 bits per heavy atom. The van der Waals surface area contributed by atoms with Gasteiger partial charge in [0.05, 0.1) is 6.04 Å². The highest BCUT2D eigenvalue weighted by molar-refractivity contribution is 5.12. The summed E-state index contributed by atoms with van der Waals surface area (Å²) in [6.45, 7) is 6.08. The van der Waals surface area contributed by atoms with Gasteiger partial charge in [0, 0.05) is 31.4 Å². The lowest BCUT2D eigenvalue weighted by Crippen LogP contribution is -2.30. The maximum Gasteiger partial charge on any atom is 0.254 e. The molecule has 0 bridgehead atoms. The minimum atomic E-state index is -0.311. The number of halogens is 1. The summed E-state index contributed by atoms with van der Waals surface area (Å²) in [5.74, 6) is 0.482. The van der Waals surface area contributed by atoms with E-state index in [1.54, 1.807) is 0 Å². The molecule has 1 atom stereocenters. The Morgan fingerprint density at radius 1 is 1.47 bits per heavy atom. The van der Waals surface area contributed by atoms with E-state index >= 15 is 0 Å². The molecule has 0 aromatic carbocycles. The molecule has 1 aromatic heterocycles. The first kappa shape index (κ1) is 14.3. The third-order valence-corrected chi connectivity index (χ3v) is 3.72. The van der Waals surface area contributed by atoms with E-state index in [1.807, 2.05) is 22.9 Å². The van der Waals surface area contributed by atoms with Gasteiger partial charge in [0.2, 0.25) is 0 Å². The number of aromatic nitrogens is 1. The smallest absolute Gasteiger partial charge is 0.254 e. The Kier molecular flexibility index (Phi) is 4.75. The fourth-order valence-electron chi connectivity index (χ4n) is 2.80. The molecule has 0 radical (unpaired) electrons. The van der Waals surface area contributed by atoms with E-state index in [4.69, 9.17) is 0 Å². The van der Waals surface area contributed by atoms with Crippen LogP contribution < -0.4 is 5.56 Å². The Labute approximate surface area is 114 Å². The van der Waals surface area contributed by atoms with Gasteiger partial charge in [-0.3, -0.25) is 9.69 Å². The predicted molar refractivity (Wildman–Crippen MR) is 75.3 cm³/mol. The van der Waals surface area contributed by atoms with Gasteiger partial charge in [-0.05, 0) is 24.8 Å². The first-order valence-electron chi connectivity index (χ1n) is 7.10. The van der Waals surface area contributed by atoms with Crippen LogP contribution >= 0.6 is 0 Å². The number of pyridine rings is 1. The lowest BCUT2D eigenvalue weighted by Gasteiger charge is -2.17. The van der Waals surface area contributed by atoms with E-state index in [0.29, 0.717) is 12.5 Å². The molecule has 1 aliphatic rings. The third-order valence-electron chi connectivity index (χ3n) is 3.72. The van der Waals surface area contributed by atoms with Crippen LogP contribution in [0.4, 0.5) is 4.39 Å². The van der Waals surface area contributed by atoms with Gasteiger partial charge in [-0.1, -0.05) is 19.9 Å². The molecule has 4 heteroatoms. The second-order valence-corrected chi connectivity index (χ2v) is 5.78. The maximum atomic E-state index is 12.4. The standard InChI is InChI=1S/C15H23FN2O/c1-12(2)10-13-4-3-7-18(15(13)19)14-5-8-17(11-14)9-6-16/h3-4,7,12,14H,5-6,8-11H2,1-2H3/t14-/m1/s1. The van der Waals surface area contributed by atoms with Crippen molar-refractivity contribution in [3.63, 3.8) is 0 Å². The van der Waals surface area contributed by atoms with Crippen molar-refractivity contribution < 1.29 is 4.39 Å². The normalized spacial score (nSPS) is 20.3. The molecule has 1 saturated heterocycles. The molecule has 0 amide bonds. The summed E-state index contributed by atoms with van der Waals surface area (Å²) < 4.78 is 14.2. The van der Waals surface area contributed by atoms with Crippen LogP contribution in [0.25, 0.3) is 0 Å². The van der Waals surface area contributed by atoms with E-state index in [9.17, 15) is 9.18 Å². The molecule has 106 valence electrons. The van der Waals surface area contributed by atoms with Gasteiger partial charge in [-0.15, -0.1) is 0 Å². The second-order valence-electron chi connectivity index (χ2n) is 5.78. The molecule has 0 spiro atoms. The first-order valence-corrected chi connectivity index (χ1v) is 7.10. The Balaban J connectivity index is 2.15. The molecule has 0 aliphatic carbocycles. The molecule has 1 aromatic rings. The van der Waals surface area contributed by atoms with Crippen molar-refractivity contribution in [1.29, 1.82) is 0 Å². The largest absolute Gasteiger partial charge is 0.311 e. The molecule has 2 heterocycles. The first-order chi connectivity index (χ1) is 9.11. The predicted octanol–water partition coefficient (Wildman–Crippen LogP) is 2.26. The van der Waals surface area contributed by atoms with E-state index in [0.717, 1.165) is 31.5 Å². The number of alkyl halides is 1. The van der Waals surface area contributed by atoms with Crippen molar-refractivity contribution in [1.82, 2.24) is 9.47 Å². The van der Waals surface area contributed by atoms with Gasteiger partial charge in [-0.2, -0.15) is 0 Å². The number of likely N-dealkylation sites (tertiary alicyclic amines) is 1. The monoisotopic (exact) mass is 266 g/mol. The summed E-state index contributed by atoms with van der Waals surface area (Å²) in [5, 5.41) is 0. The van der Waals surface area contributed by atoms with E-state index in [1.165, 1.54) is 0 Å². The molecule has 0 unspecified atom stereocenters. The lowest BCUT2D eigenvalue weighted by molar-refractivity contribution is 0.286. The minimum Gasteiger partial charge on any atom is -0.311 e.